The van der Waals surface area contributed by atoms with E-state index in [0.29, 0.717) is 5.92 Å². The van der Waals surface area contributed by atoms with Gasteiger partial charge in [0.1, 0.15) is 12.2 Å². The topological polar surface area (TPSA) is 42.7 Å². The second-order valence-electron chi connectivity index (χ2n) is 5.81. The number of aromatic nitrogens is 3. The van der Waals surface area contributed by atoms with Gasteiger partial charge >= 0.3 is 0 Å². The van der Waals surface area contributed by atoms with Crippen LogP contribution in [-0.2, 0) is 13.0 Å². The van der Waals surface area contributed by atoms with E-state index < -0.39 is 0 Å². The minimum Gasteiger partial charge on any atom is -0.316 e. The van der Waals surface area contributed by atoms with Gasteiger partial charge in [0.2, 0.25) is 0 Å². The molecule has 0 fully saturated rings. The maximum atomic E-state index is 4.31. The second-order valence-corrected chi connectivity index (χ2v) is 5.81. The molecule has 0 amide bonds. The van der Waals surface area contributed by atoms with E-state index >= 15 is 0 Å². The fourth-order valence-electron chi connectivity index (χ4n) is 1.83. The van der Waals surface area contributed by atoms with Crippen molar-refractivity contribution in [2.24, 2.45) is 11.8 Å². The van der Waals surface area contributed by atoms with Gasteiger partial charge in [-0.2, -0.15) is 5.10 Å². The maximum absolute atomic E-state index is 4.31. The minimum absolute atomic E-state index is 0.602. The summed E-state index contributed by atoms with van der Waals surface area (Å²) in [7, 11) is 0. The number of hydrogen-bond acceptors (Lipinski definition) is 3. The van der Waals surface area contributed by atoms with Crippen LogP contribution in [0.5, 0.6) is 0 Å². The van der Waals surface area contributed by atoms with Gasteiger partial charge in [0, 0.05) is 13.0 Å². The summed E-state index contributed by atoms with van der Waals surface area (Å²) < 4.78 is 2.01. The van der Waals surface area contributed by atoms with Crippen LogP contribution in [0.2, 0.25) is 0 Å². The van der Waals surface area contributed by atoms with Gasteiger partial charge in [0.25, 0.3) is 0 Å². The Balaban J connectivity index is 2.23. The molecule has 0 saturated heterocycles. The molecule has 0 aliphatic rings. The van der Waals surface area contributed by atoms with Gasteiger partial charge in [-0.25, -0.2) is 9.67 Å². The summed E-state index contributed by atoms with van der Waals surface area (Å²) in [5.41, 5.74) is 0. The van der Waals surface area contributed by atoms with Gasteiger partial charge in [-0.15, -0.1) is 0 Å². The van der Waals surface area contributed by atoms with E-state index in [1.807, 2.05) is 4.68 Å². The lowest BCUT2D eigenvalue weighted by Gasteiger charge is -2.07. The average Bonchev–Trinajstić information content (AvgIpc) is 2.74. The number of nitrogens with one attached hydrogen (secondary N) is 1. The zero-order valence-corrected chi connectivity index (χ0v) is 12.8. The maximum Gasteiger partial charge on any atom is 0.138 e. The molecule has 0 saturated carbocycles. The van der Waals surface area contributed by atoms with Crippen LogP contribution in [0.15, 0.2) is 18.5 Å². The molecular weight excluding hydrogens is 236 g/mol. The highest BCUT2D eigenvalue weighted by Crippen LogP contribution is 2.02. The molecule has 19 heavy (non-hydrogen) atoms. The van der Waals surface area contributed by atoms with Crippen molar-refractivity contribution in [3.05, 3.63) is 24.3 Å². The first-order chi connectivity index (χ1) is 9.09. The lowest BCUT2D eigenvalue weighted by molar-refractivity contribution is 0.469. The molecule has 0 aliphatic heterocycles. The summed E-state index contributed by atoms with van der Waals surface area (Å²) in [6.45, 7) is 11.9. The Hall–Kier alpha value is -1.16. The Labute approximate surface area is 117 Å². The lowest BCUT2D eigenvalue weighted by Crippen LogP contribution is -2.20. The molecule has 1 N–H and O–H groups in total. The van der Waals surface area contributed by atoms with Crippen LogP contribution in [0, 0.1) is 11.8 Å². The van der Waals surface area contributed by atoms with Crippen LogP contribution in [0.4, 0.5) is 0 Å². The smallest absolute Gasteiger partial charge is 0.138 e. The standard InChI is InChI=1S/C15H28N4/c1-13(2)10-16-9-7-5-6-8-15-17-12-18-19(15)11-14(3)4/h5-6,12-14,16H,7-11H2,1-4H3. The third kappa shape index (κ3) is 7.11. The first kappa shape index (κ1) is 15.9. The Kier molecular flexibility index (Phi) is 7.41. The van der Waals surface area contributed by atoms with Crippen molar-refractivity contribution in [2.75, 3.05) is 13.1 Å². The highest BCUT2D eigenvalue weighted by Gasteiger charge is 2.03. The second kappa shape index (κ2) is 8.86. The van der Waals surface area contributed by atoms with Gasteiger partial charge in [0.15, 0.2) is 0 Å². The molecule has 1 heterocycles. The van der Waals surface area contributed by atoms with Gasteiger partial charge in [-0.3, -0.25) is 0 Å². The van der Waals surface area contributed by atoms with Crippen molar-refractivity contribution in [3.63, 3.8) is 0 Å². The predicted molar refractivity (Wildman–Crippen MR) is 80.0 cm³/mol. The van der Waals surface area contributed by atoms with Crippen molar-refractivity contribution < 1.29 is 0 Å². The minimum atomic E-state index is 0.602. The van der Waals surface area contributed by atoms with Gasteiger partial charge in [-0.05, 0) is 31.3 Å². The van der Waals surface area contributed by atoms with Crippen molar-refractivity contribution in [1.82, 2.24) is 20.1 Å². The Morgan fingerprint density at radius 1 is 1.21 bits per heavy atom. The van der Waals surface area contributed by atoms with Crippen LogP contribution < -0.4 is 5.32 Å². The van der Waals surface area contributed by atoms with E-state index in [2.05, 4.69) is 55.2 Å². The zero-order valence-electron chi connectivity index (χ0n) is 12.8. The summed E-state index contributed by atoms with van der Waals surface area (Å²) in [4.78, 5) is 4.31. The molecule has 0 aromatic carbocycles. The van der Waals surface area contributed by atoms with Gasteiger partial charge in [-0.1, -0.05) is 39.8 Å². The number of hydrogen-bond donors (Lipinski definition) is 1. The molecule has 0 unspecified atom stereocenters. The highest BCUT2D eigenvalue weighted by atomic mass is 15.3. The molecule has 0 spiro atoms. The molecule has 108 valence electrons. The molecule has 1 aromatic rings. The fraction of sp³-hybridized carbons (Fsp3) is 0.733. The molecule has 0 aliphatic carbocycles. The van der Waals surface area contributed by atoms with Crippen molar-refractivity contribution in [1.29, 1.82) is 0 Å². The Morgan fingerprint density at radius 2 is 2.00 bits per heavy atom. The lowest BCUT2D eigenvalue weighted by atomic mass is 10.2. The molecule has 0 atom stereocenters. The quantitative estimate of drug-likeness (QED) is 0.551. The van der Waals surface area contributed by atoms with E-state index in [4.69, 9.17) is 0 Å². The molecule has 0 bridgehead atoms. The summed E-state index contributed by atoms with van der Waals surface area (Å²) in [5.74, 6) is 2.38. The van der Waals surface area contributed by atoms with Crippen LogP contribution in [-0.4, -0.2) is 27.9 Å². The third-order valence-corrected chi connectivity index (χ3v) is 2.74. The van der Waals surface area contributed by atoms with Crippen molar-refractivity contribution in [2.45, 2.75) is 47.1 Å². The molecule has 1 rings (SSSR count). The van der Waals surface area contributed by atoms with E-state index in [1.54, 1.807) is 6.33 Å². The van der Waals surface area contributed by atoms with Crippen molar-refractivity contribution >= 4 is 0 Å². The zero-order chi connectivity index (χ0) is 14.1. The monoisotopic (exact) mass is 264 g/mol. The largest absolute Gasteiger partial charge is 0.316 e. The normalized spacial score (nSPS) is 12.1. The highest BCUT2D eigenvalue weighted by molar-refractivity contribution is 4.96. The Bertz CT molecular complexity index is 366. The van der Waals surface area contributed by atoms with Gasteiger partial charge < -0.3 is 5.32 Å². The molecule has 4 nitrogen and oxygen atoms in total. The third-order valence-electron chi connectivity index (χ3n) is 2.74. The molecule has 4 heteroatoms. The summed E-state index contributed by atoms with van der Waals surface area (Å²) >= 11 is 0. The van der Waals surface area contributed by atoms with Crippen LogP contribution >= 0.6 is 0 Å². The van der Waals surface area contributed by atoms with E-state index in [1.165, 1.54) is 0 Å². The van der Waals surface area contributed by atoms with Crippen LogP contribution in [0.1, 0.15) is 39.9 Å². The number of allylic oxidation sites excluding steroid dienone is 1. The average molecular weight is 264 g/mol. The number of rotatable bonds is 9. The molecule has 0 radical (unpaired) electrons. The number of nitrogens with zero attached hydrogens (tertiary/aromatic N) is 3. The Morgan fingerprint density at radius 3 is 2.68 bits per heavy atom. The molecule has 1 aromatic heterocycles. The van der Waals surface area contributed by atoms with Crippen molar-refractivity contribution in [3.8, 4) is 0 Å². The van der Waals surface area contributed by atoms with Crippen LogP contribution in [0.3, 0.4) is 0 Å². The molecular formula is C15H28N4. The van der Waals surface area contributed by atoms with E-state index in [0.717, 1.165) is 44.2 Å². The van der Waals surface area contributed by atoms with Crippen LogP contribution in [0.25, 0.3) is 0 Å². The van der Waals surface area contributed by atoms with E-state index in [9.17, 15) is 0 Å². The first-order valence-corrected chi connectivity index (χ1v) is 7.32. The SMILES string of the molecule is CC(C)CNCCC=CCc1ncnn1CC(C)C. The van der Waals surface area contributed by atoms with Gasteiger partial charge in [0.05, 0.1) is 0 Å². The first-order valence-electron chi connectivity index (χ1n) is 7.32. The fourth-order valence-corrected chi connectivity index (χ4v) is 1.83. The summed E-state index contributed by atoms with van der Waals surface area (Å²) in [6.07, 6.45) is 8.01. The predicted octanol–water partition coefficient (Wildman–Crippen LogP) is 2.67. The van der Waals surface area contributed by atoms with E-state index in [-0.39, 0.29) is 0 Å². The summed E-state index contributed by atoms with van der Waals surface area (Å²) in [5, 5.41) is 7.69. The summed E-state index contributed by atoms with van der Waals surface area (Å²) in [6, 6.07) is 0.